The Kier molecular flexibility index (Phi) is 3.25. The van der Waals surface area contributed by atoms with Crippen LogP contribution in [-0.4, -0.2) is 28.6 Å². The smallest absolute Gasteiger partial charge is 0.336 e. The fourth-order valence-corrected chi connectivity index (χ4v) is 3.33. The minimum absolute atomic E-state index is 0.0485. The monoisotopic (exact) mass is 330 g/mol. The molecule has 0 spiro atoms. The number of aliphatic hydroxyl groups is 1. The molecule has 5 nitrogen and oxygen atoms in total. The van der Waals surface area contributed by atoms with Crippen LogP contribution in [0.2, 0.25) is 0 Å². The number of ether oxygens (including phenoxy) is 2. The zero-order chi connectivity index (χ0) is 16.9. The predicted molar refractivity (Wildman–Crippen MR) is 82.6 cm³/mol. The van der Waals surface area contributed by atoms with Crippen molar-refractivity contribution in [1.29, 1.82) is 0 Å². The number of aryl methyl sites for hydroxylation is 1. The summed E-state index contributed by atoms with van der Waals surface area (Å²) in [5.41, 5.74) is 0.931. The summed E-state index contributed by atoms with van der Waals surface area (Å²) in [6, 6.07) is 8.16. The normalized spacial score (nSPS) is 21.4. The topological polar surface area (TPSA) is 76.0 Å². The van der Waals surface area contributed by atoms with Gasteiger partial charge in [0.25, 0.3) is 0 Å². The number of fused-ring (bicyclic) bond motifs is 2. The van der Waals surface area contributed by atoms with Crippen LogP contribution < -0.4 is 9.47 Å². The molecule has 0 radical (unpaired) electrons. The Morgan fingerprint density at radius 2 is 2.00 bits per heavy atom. The molecule has 0 aromatic heterocycles. The number of carboxylic acids is 1. The summed E-state index contributed by atoms with van der Waals surface area (Å²) in [5, 5.41) is 19.3. The standard InChI is InChI=1S/C18H15FO5/c19-13-3-4-14-16(24-9-23-14)15(13)11-1-2-12-8-18(22,17(20)21)6-5-10(12)7-11/h1-4,7,22H,5-6,8-9H2,(H,20,21). The molecule has 0 saturated heterocycles. The third-order valence-electron chi connectivity index (χ3n) is 4.67. The average Bonchev–Trinajstić information content (AvgIpc) is 3.03. The molecular formula is C18H15FO5. The van der Waals surface area contributed by atoms with Crippen molar-refractivity contribution in [1.82, 2.24) is 0 Å². The van der Waals surface area contributed by atoms with Crippen molar-refractivity contribution >= 4 is 5.97 Å². The van der Waals surface area contributed by atoms with Crippen molar-refractivity contribution in [2.75, 3.05) is 6.79 Å². The molecule has 2 N–H and O–H groups in total. The van der Waals surface area contributed by atoms with Crippen molar-refractivity contribution < 1.29 is 28.9 Å². The van der Waals surface area contributed by atoms with Gasteiger partial charge < -0.3 is 19.7 Å². The Morgan fingerprint density at radius 3 is 2.79 bits per heavy atom. The van der Waals surface area contributed by atoms with Crippen LogP contribution in [0, 0.1) is 5.82 Å². The maximum absolute atomic E-state index is 14.3. The first kappa shape index (κ1) is 15.0. The van der Waals surface area contributed by atoms with Gasteiger partial charge in [-0.15, -0.1) is 0 Å². The van der Waals surface area contributed by atoms with Gasteiger partial charge in [-0.3, -0.25) is 0 Å². The van der Waals surface area contributed by atoms with E-state index in [0.717, 1.165) is 11.1 Å². The minimum Gasteiger partial charge on any atom is -0.479 e. The van der Waals surface area contributed by atoms with Crippen molar-refractivity contribution in [3.63, 3.8) is 0 Å². The van der Waals surface area contributed by atoms with Crippen LogP contribution in [0.15, 0.2) is 30.3 Å². The zero-order valence-corrected chi connectivity index (χ0v) is 12.7. The number of rotatable bonds is 2. The number of carbonyl (C=O) groups is 1. The van der Waals surface area contributed by atoms with Crippen LogP contribution in [0.3, 0.4) is 0 Å². The molecule has 2 aromatic carbocycles. The first-order chi connectivity index (χ1) is 11.5. The highest BCUT2D eigenvalue weighted by atomic mass is 19.1. The third kappa shape index (κ3) is 2.22. The molecule has 4 rings (SSSR count). The van der Waals surface area contributed by atoms with E-state index in [1.807, 2.05) is 6.07 Å². The van der Waals surface area contributed by atoms with E-state index in [-0.39, 0.29) is 19.6 Å². The Morgan fingerprint density at radius 1 is 1.17 bits per heavy atom. The zero-order valence-electron chi connectivity index (χ0n) is 12.7. The van der Waals surface area contributed by atoms with Gasteiger partial charge in [-0.05, 0) is 41.7 Å². The van der Waals surface area contributed by atoms with Gasteiger partial charge in [0.1, 0.15) is 5.82 Å². The lowest BCUT2D eigenvalue weighted by Crippen LogP contribution is -2.43. The fourth-order valence-electron chi connectivity index (χ4n) is 3.33. The number of benzene rings is 2. The maximum atomic E-state index is 14.3. The van der Waals surface area contributed by atoms with E-state index in [0.29, 0.717) is 29.0 Å². The molecule has 2 aromatic rings. The van der Waals surface area contributed by atoms with Gasteiger partial charge in [0.15, 0.2) is 17.1 Å². The molecule has 2 aliphatic rings. The molecule has 124 valence electrons. The molecular weight excluding hydrogens is 315 g/mol. The van der Waals surface area contributed by atoms with E-state index in [2.05, 4.69) is 0 Å². The highest BCUT2D eigenvalue weighted by Crippen LogP contribution is 2.44. The summed E-state index contributed by atoms with van der Waals surface area (Å²) in [6.45, 7) is 0.0579. The van der Waals surface area contributed by atoms with Crippen molar-refractivity contribution in [2.24, 2.45) is 0 Å². The van der Waals surface area contributed by atoms with Crippen molar-refractivity contribution in [2.45, 2.75) is 24.9 Å². The SMILES string of the molecule is O=C(O)C1(O)CCc2cc(-c3c(F)ccc4c3OCO4)ccc2C1. The van der Waals surface area contributed by atoms with Gasteiger partial charge >= 0.3 is 5.97 Å². The quantitative estimate of drug-likeness (QED) is 0.885. The predicted octanol–water partition coefficient (Wildman–Crippen LogP) is 2.53. The van der Waals surface area contributed by atoms with Gasteiger partial charge in [-0.25, -0.2) is 9.18 Å². The second kappa shape index (κ2) is 5.21. The van der Waals surface area contributed by atoms with Gasteiger partial charge in [0, 0.05) is 6.42 Å². The molecule has 0 bridgehead atoms. The van der Waals surface area contributed by atoms with Crippen LogP contribution in [0.25, 0.3) is 11.1 Å². The molecule has 1 unspecified atom stereocenters. The van der Waals surface area contributed by atoms with E-state index in [1.54, 1.807) is 12.1 Å². The molecule has 0 fully saturated rings. The van der Waals surface area contributed by atoms with Crippen LogP contribution in [-0.2, 0) is 17.6 Å². The first-order valence-corrected chi connectivity index (χ1v) is 7.64. The first-order valence-electron chi connectivity index (χ1n) is 7.64. The van der Waals surface area contributed by atoms with Gasteiger partial charge in [-0.2, -0.15) is 0 Å². The van der Waals surface area contributed by atoms with Crippen molar-refractivity contribution in [3.8, 4) is 22.6 Å². The molecule has 1 aliphatic carbocycles. The molecule has 0 amide bonds. The molecule has 1 atom stereocenters. The van der Waals surface area contributed by atoms with E-state index >= 15 is 0 Å². The molecule has 0 saturated carbocycles. The van der Waals surface area contributed by atoms with E-state index < -0.39 is 17.4 Å². The van der Waals surface area contributed by atoms with E-state index in [1.165, 1.54) is 12.1 Å². The third-order valence-corrected chi connectivity index (χ3v) is 4.67. The lowest BCUT2D eigenvalue weighted by atomic mass is 9.79. The Labute approximate surface area is 137 Å². The maximum Gasteiger partial charge on any atom is 0.336 e. The Bertz CT molecular complexity index is 848. The van der Waals surface area contributed by atoms with Crippen LogP contribution in [0.5, 0.6) is 11.5 Å². The van der Waals surface area contributed by atoms with Gasteiger partial charge in [0.2, 0.25) is 6.79 Å². The number of halogens is 1. The molecule has 6 heteroatoms. The largest absolute Gasteiger partial charge is 0.479 e. The second-order valence-electron chi connectivity index (χ2n) is 6.15. The molecule has 1 aliphatic heterocycles. The Balaban J connectivity index is 1.77. The number of hydrogen-bond acceptors (Lipinski definition) is 4. The molecule has 24 heavy (non-hydrogen) atoms. The fraction of sp³-hybridized carbons (Fsp3) is 0.278. The van der Waals surface area contributed by atoms with Gasteiger partial charge in [-0.1, -0.05) is 18.2 Å². The Hall–Kier alpha value is -2.60. The highest BCUT2D eigenvalue weighted by Gasteiger charge is 2.39. The summed E-state index contributed by atoms with van der Waals surface area (Å²) in [7, 11) is 0. The lowest BCUT2D eigenvalue weighted by molar-refractivity contribution is -0.159. The van der Waals surface area contributed by atoms with E-state index in [4.69, 9.17) is 14.6 Å². The summed E-state index contributed by atoms with van der Waals surface area (Å²) < 4.78 is 25.0. The molecule has 1 heterocycles. The summed E-state index contributed by atoms with van der Waals surface area (Å²) in [4.78, 5) is 11.2. The summed E-state index contributed by atoms with van der Waals surface area (Å²) >= 11 is 0. The van der Waals surface area contributed by atoms with Crippen LogP contribution in [0.4, 0.5) is 4.39 Å². The lowest BCUT2D eigenvalue weighted by Gasteiger charge is -2.30. The van der Waals surface area contributed by atoms with Crippen LogP contribution >= 0.6 is 0 Å². The number of carboxylic acid groups (broad SMARTS) is 1. The van der Waals surface area contributed by atoms with Crippen LogP contribution in [0.1, 0.15) is 17.5 Å². The number of aliphatic carboxylic acids is 1. The summed E-state index contributed by atoms with van der Waals surface area (Å²) in [5.74, 6) is -0.732. The second-order valence-corrected chi connectivity index (χ2v) is 6.15. The van der Waals surface area contributed by atoms with E-state index in [9.17, 15) is 14.3 Å². The average molecular weight is 330 g/mol. The number of hydrogen-bond donors (Lipinski definition) is 2. The van der Waals surface area contributed by atoms with Crippen molar-refractivity contribution in [3.05, 3.63) is 47.3 Å². The minimum atomic E-state index is -1.73. The highest BCUT2D eigenvalue weighted by molar-refractivity contribution is 5.79. The summed E-state index contributed by atoms with van der Waals surface area (Å²) in [6.07, 6.45) is 0.598. The van der Waals surface area contributed by atoms with Gasteiger partial charge in [0.05, 0.1) is 5.56 Å².